The molecule has 0 spiro atoms. The third-order valence-electron chi connectivity index (χ3n) is 9.07. The average Bonchev–Trinajstić information content (AvgIpc) is 3.79. The van der Waals surface area contributed by atoms with Crippen LogP contribution in [0.1, 0.15) is 34.2 Å². The molecule has 1 aliphatic carbocycles. The standard InChI is InChI=1S/C35H30N2O6S/c1-18-26(39-2)12-20(13-27(18)40-3)31-22-14-28-29(43-17-42-28)15-23(22)33(24-16-41-35(38)32(24)31)36-21-10-8-19(9-11-21)34-37-25-6-4-5-7-30(25)44-34/h4-15,24,31-33,36H,16-17H2,1-3H3/t24-,31+,32-,33+/m0/s1. The highest BCUT2D eigenvalue weighted by molar-refractivity contribution is 7.21. The van der Waals surface area contributed by atoms with Gasteiger partial charge >= 0.3 is 5.97 Å². The molecule has 0 saturated carbocycles. The van der Waals surface area contributed by atoms with E-state index in [1.165, 1.54) is 0 Å². The molecule has 2 aliphatic heterocycles. The van der Waals surface area contributed by atoms with E-state index in [1.807, 2.05) is 43.3 Å². The Balaban J connectivity index is 1.21. The second kappa shape index (κ2) is 10.4. The summed E-state index contributed by atoms with van der Waals surface area (Å²) in [4.78, 5) is 18.3. The van der Waals surface area contributed by atoms with E-state index in [0.29, 0.717) is 29.6 Å². The van der Waals surface area contributed by atoms with Gasteiger partial charge in [0.2, 0.25) is 6.79 Å². The lowest BCUT2D eigenvalue weighted by Crippen LogP contribution is -2.37. The average molecular weight is 607 g/mol. The largest absolute Gasteiger partial charge is 0.496 e. The minimum absolute atomic E-state index is 0.123. The van der Waals surface area contributed by atoms with E-state index in [2.05, 4.69) is 41.7 Å². The monoisotopic (exact) mass is 606 g/mol. The molecule has 0 amide bonds. The van der Waals surface area contributed by atoms with E-state index in [9.17, 15) is 4.79 Å². The Morgan fingerprint density at radius 3 is 2.30 bits per heavy atom. The number of carbonyl (C=O) groups excluding carboxylic acids is 1. The maximum Gasteiger partial charge on any atom is 0.310 e. The molecule has 44 heavy (non-hydrogen) atoms. The van der Waals surface area contributed by atoms with Crippen molar-refractivity contribution in [3.05, 3.63) is 95.1 Å². The molecule has 1 fully saturated rings. The smallest absolute Gasteiger partial charge is 0.310 e. The molecule has 0 bridgehead atoms. The van der Waals surface area contributed by atoms with Gasteiger partial charge in [-0.3, -0.25) is 4.79 Å². The molecule has 3 heterocycles. The van der Waals surface area contributed by atoms with Crippen molar-refractivity contribution in [3.63, 3.8) is 0 Å². The fourth-order valence-electron chi connectivity index (χ4n) is 6.92. The zero-order valence-corrected chi connectivity index (χ0v) is 25.3. The highest BCUT2D eigenvalue weighted by atomic mass is 32.1. The Kier molecular flexibility index (Phi) is 6.37. The van der Waals surface area contributed by atoms with Crippen molar-refractivity contribution in [1.29, 1.82) is 0 Å². The van der Waals surface area contributed by atoms with Crippen LogP contribution >= 0.6 is 11.3 Å². The summed E-state index contributed by atoms with van der Waals surface area (Å²) in [6.07, 6.45) is 0. The molecular weight excluding hydrogens is 576 g/mol. The number of ether oxygens (including phenoxy) is 5. The number of carbonyl (C=O) groups is 1. The van der Waals surface area contributed by atoms with Gasteiger partial charge in [-0.05, 0) is 84.3 Å². The molecule has 5 aromatic rings. The summed E-state index contributed by atoms with van der Waals surface area (Å²) in [7, 11) is 3.29. The number of hydrogen-bond acceptors (Lipinski definition) is 9. The number of thiazole rings is 1. The molecule has 4 atom stereocenters. The van der Waals surface area contributed by atoms with Gasteiger partial charge in [-0.1, -0.05) is 12.1 Å². The number of aromatic nitrogens is 1. The van der Waals surface area contributed by atoms with Gasteiger partial charge in [-0.2, -0.15) is 0 Å². The zero-order valence-electron chi connectivity index (χ0n) is 24.5. The fourth-order valence-corrected chi connectivity index (χ4v) is 7.89. The van der Waals surface area contributed by atoms with E-state index in [4.69, 9.17) is 28.7 Å². The van der Waals surface area contributed by atoms with Crippen LogP contribution in [-0.4, -0.2) is 38.6 Å². The number of benzene rings is 4. The van der Waals surface area contributed by atoms with Crippen molar-refractivity contribution in [2.75, 3.05) is 32.9 Å². The Hall–Kier alpha value is -4.76. The number of para-hydroxylation sites is 1. The molecular formula is C35H30N2O6S. The summed E-state index contributed by atoms with van der Waals surface area (Å²) in [5, 5.41) is 4.74. The quantitative estimate of drug-likeness (QED) is 0.205. The second-order valence-electron chi connectivity index (χ2n) is 11.4. The van der Waals surface area contributed by atoms with Gasteiger partial charge in [0.25, 0.3) is 0 Å². The number of rotatable bonds is 6. The predicted molar refractivity (Wildman–Crippen MR) is 168 cm³/mol. The van der Waals surface area contributed by atoms with Gasteiger partial charge < -0.3 is 29.0 Å². The van der Waals surface area contributed by atoms with Gasteiger partial charge in [0, 0.05) is 28.7 Å². The molecule has 1 saturated heterocycles. The van der Waals surface area contributed by atoms with Crippen LogP contribution in [-0.2, 0) is 9.53 Å². The summed E-state index contributed by atoms with van der Waals surface area (Å²) in [5.74, 6) is 1.74. The first-order chi connectivity index (χ1) is 21.5. The Morgan fingerprint density at radius 1 is 0.886 bits per heavy atom. The molecule has 222 valence electrons. The summed E-state index contributed by atoms with van der Waals surface area (Å²) in [6.45, 7) is 2.44. The predicted octanol–water partition coefficient (Wildman–Crippen LogP) is 7.11. The molecule has 9 heteroatoms. The molecule has 8 rings (SSSR count). The lowest BCUT2D eigenvalue weighted by Gasteiger charge is -2.40. The fraction of sp³-hybridized carbons (Fsp3) is 0.257. The summed E-state index contributed by atoms with van der Waals surface area (Å²) >= 11 is 1.68. The third-order valence-corrected chi connectivity index (χ3v) is 10.2. The lowest BCUT2D eigenvalue weighted by atomic mass is 9.65. The highest BCUT2D eigenvalue weighted by Gasteiger charge is 2.52. The number of nitrogens with one attached hydrogen (secondary N) is 1. The van der Waals surface area contributed by atoms with Crippen LogP contribution in [0.15, 0.2) is 72.8 Å². The van der Waals surface area contributed by atoms with Gasteiger partial charge in [0.1, 0.15) is 16.5 Å². The Labute approximate surface area is 258 Å². The maximum absolute atomic E-state index is 13.5. The normalized spacial score (nSPS) is 21.5. The summed E-state index contributed by atoms with van der Waals surface area (Å²) in [6, 6.07) is 24.4. The lowest BCUT2D eigenvalue weighted by molar-refractivity contribution is -0.141. The molecule has 3 aliphatic rings. The van der Waals surface area contributed by atoms with Crippen LogP contribution in [0.2, 0.25) is 0 Å². The summed E-state index contributed by atoms with van der Waals surface area (Å²) in [5.41, 5.74) is 6.88. The minimum Gasteiger partial charge on any atom is -0.496 e. The van der Waals surface area contributed by atoms with Crippen LogP contribution in [0, 0.1) is 18.8 Å². The van der Waals surface area contributed by atoms with Crippen LogP contribution in [0.25, 0.3) is 20.8 Å². The highest BCUT2D eigenvalue weighted by Crippen LogP contribution is 2.55. The molecule has 4 aromatic carbocycles. The number of hydrogen-bond donors (Lipinski definition) is 1. The second-order valence-corrected chi connectivity index (χ2v) is 12.4. The topological polar surface area (TPSA) is 88.1 Å². The van der Waals surface area contributed by atoms with Crippen molar-refractivity contribution < 1.29 is 28.5 Å². The van der Waals surface area contributed by atoms with E-state index in [-0.39, 0.29) is 30.6 Å². The number of methoxy groups -OCH3 is 2. The van der Waals surface area contributed by atoms with Gasteiger partial charge in [-0.25, -0.2) is 4.98 Å². The number of esters is 1. The number of nitrogens with zero attached hydrogens (tertiary/aromatic N) is 1. The number of cyclic esters (lactones) is 1. The van der Waals surface area contributed by atoms with Crippen LogP contribution in [0.5, 0.6) is 23.0 Å². The van der Waals surface area contributed by atoms with Gasteiger partial charge in [0.05, 0.1) is 43.0 Å². The van der Waals surface area contributed by atoms with Gasteiger partial charge in [-0.15, -0.1) is 11.3 Å². The van der Waals surface area contributed by atoms with Crippen molar-refractivity contribution in [2.45, 2.75) is 18.9 Å². The minimum atomic E-state index is -0.417. The zero-order chi connectivity index (χ0) is 29.9. The van der Waals surface area contributed by atoms with E-state index < -0.39 is 5.92 Å². The SMILES string of the molecule is COc1cc([C@@H]2c3cc4c(cc3[C@@H](Nc3ccc(-c5nc6ccccc6s5)cc3)[C@H]3COC(=O)[C@H]23)OCO4)cc(OC)c1C. The van der Waals surface area contributed by atoms with Crippen molar-refractivity contribution in [1.82, 2.24) is 4.98 Å². The van der Waals surface area contributed by atoms with Crippen LogP contribution in [0.3, 0.4) is 0 Å². The molecule has 0 unspecified atom stereocenters. The Morgan fingerprint density at radius 2 is 1.59 bits per heavy atom. The van der Waals surface area contributed by atoms with Crippen LogP contribution in [0.4, 0.5) is 5.69 Å². The van der Waals surface area contributed by atoms with Crippen molar-refractivity contribution >= 4 is 33.2 Å². The van der Waals surface area contributed by atoms with Crippen molar-refractivity contribution in [3.8, 4) is 33.6 Å². The van der Waals surface area contributed by atoms with Crippen LogP contribution < -0.4 is 24.3 Å². The Bertz CT molecular complexity index is 1860. The molecule has 1 N–H and O–H groups in total. The number of anilines is 1. The third kappa shape index (κ3) is 4.25. The first-order valence-electron chi connectivity index (χ1n) is 14.6. The molecule has 8 nitrogen and oxygen atoms in total. The van der Waals surface area contributed by atoms with Gasteiger partial charge in [0.15, 0.2) is 11.5 Å². The first kappa shape index (κ1) is 26.8. The summed E-state index contributed by atoms with van der Waals surface area (Å²) < 4.78 is 30.0. The van der Waals surface area contributed by atoms with E-state index in [0.717, 1.165) is 48.7 Å². The first-order valence-corrected chi connectivity index (χ1v) is 15.4. The molecule has 1 aromatic heterocycles. The van der Waals surface area contributed by atoms with E-state index >= 15 is 0 Å². The molecule has 0 radical (unpaired) electrons. The van der Waals surface area contributed by atoms with E-state index in [1.54, 1.807) is 25.6 Å². The van der Waals surface area contributed by atoms with Crippen molar-refractivity contribution in [2.24, 2.45) is 11.8 Å². The number of fused-ring (bicyclic) bond motifs is 4. The maximum atomic E-state index is 13.5.